The molecule has 0 amide bonds. The molecule has 0 bridgehead atoms. The Morgan fingerprint density at radius 3 is 2.34 bits per heavy atom. The minimum Gasteiger partial charge on any atom is -0.481 e. The van der Waals surface area contributed by atoms with E-state index in [2.05, 4.69) is 15.6 Å². The third kappa shape index (κ3) is 12.4. The van der Waals surface area contributed by atoms with E-state index in [1.54, 1.807) is 67.2 Å². The molecule has 0 aliphatic carbocycles. The lowest BCUT2D eigenvalue weighted by Crippen LogP contribution is -2.70. The highest BCUT2D eigenvalue weighted by Crippen LogP contribution is 2.44. The predicted molar refractivity (Wildman–Crippen MR) is 249 cm³/mol. The number of likely N-dealkylation sites (N-methyl/N-ethyl adjacent to an activating group) is 1. The van der Waals surface area contributed by atoms with E-state index in [0.29, 0.717) is 43.7 Å². The largest absolute Gasteiger partial charge is 0.481 e. The van der Waals surface area contributed by atoms with Gasteiger partial charge in [-0.15, -0.1) is 0 Å². The first-order valence-corrected chi connectivity index (χ1v) is 24.1. The van der Waals surface area contributed by atoms with Gasteiger partial charge < -0.3 is 78.6 Å². The van der Waals surface area contributed by atoms with Crippen molar-refractivity contribution in [1.29, 1.82) is 0 Å². The minimum atomic E-state index is -1.84. The molecule has 4 saturated heterocycles. The topological polar surface area (TPSA) is 234 Å². The molecule has 0 aromatic carbocycles. The van der Waals surface area contributed by atoms with Crippen LogP contribution in [0.25, 0.3) is 0 Å². The predicted octanol–water partition coefficient (Wildman–Crippen LogP) is 3.05. The summed E-state index contributed by atoms with van der Waals surface area (Å²) in [5.74, 6) is -2.29. The van der Waals surface area contributed by atoms with Crippen molar-refractivity contribution in [2.24, 2.45) is 22.7 Å². The van der Waals surface area contributed by atoms with Crippen molar-refractivity contribution in [2.45, 2.75) is 191 Å². The second-order valence-corrected chi connectivity index (χ2v) is 20.2. The molecule has 19 heteroatoms. The number of carbonyl (C=O) groups is 1. The number of aliphatic hydroxyl groups is 4. The maximum atomic E-state index is 14.6. The van der Waals surface area contributed by atoms with Crippen LogP contribution >= 0.6 is 0 Å². The van der Waals surface area contributed by atoms with Crippen molar-refractivity contribution >= 4 is 17.7 Å². The highest BCUT2D eigenvalue weighted by molar-refractivity contribution is 5.79. The molecule has 1 aromatic rings. The van der Waals surface area contributed by atoms with Gasteiger partial charge in [-0.1, -0.05) is 20.8 Å². The molecule has 4 aliphatic heterocycles. The van der Waals surface area contributed by atoms with Gasteiger partial charge >= 0.3 is 5.97 Å². The summed E-state index contributed by atoms with van der Waals surface area (Å²) in [6.45, 7) is 19.4. The van der Waals surface area contributed by atoms with E-state index in [-0.39, 0.29) is 43.9 Å². The zero-order chi connectivity index (χ0) is 49.6. The van der Waals surface area contributed by atoms with Crippen molar-refractivity contribution in [2.75, 3.05) is 54.6 Å². The molecule has 5 rings (SSSR count). The Morgan fingerprint density at radius 1 is 1.00 bits per heavy atom. The molecule has 4 aliphatic rings. The molecule has 5 heterocycles. The van der Waals surface area contributed by atoms with Crippen LogP contribution in [0.15, 0.2) is 23.3 Å². The summed E-state index contributed by atoms with van der Waals surface area (Å²) in [6.07, 6.45) is -4.97. The molecular formula is C48H83N5O14. The Bertz CT molecular complexity index is 1760. The number of aliphatic hydroxyl groups excluding tert-OH is 1. The van der Waals surface area contributed by atoms with Crippen LogP contribution in [-0.2, 0) is 42.7 Å². The summed E-state index contributed by atoms with van der Waals surface area (Å²) < 4.78 is 56.4. The smallest absolute Gasteiger partial charge is 0.311 e. The third-order valence-electron chi connectivity index (χ3n) is 14.8. The van der Waals surface area contributed by atoms with Gasteiger partial charge in [0, 0.05) is 58.9 Å². The second-order valence-electron chi connectivity index (χ2n) is 20.2. The molecule has 0 unspecified atom stereocenters. The van der Waals surface area contributed by atoms with Crippen molar-refractivity contribution < 1.29 is 67.9 Å². The summed E-state index contributed by atoms with van der Waals surface area (Å²) in [4.78, 5) is 25.6. The monoisotopic (exact) mass is 954 g/mol. The number of aliphatic imine (C=N–C) groups is 1. The maximum Gasteiger partial charge on any atom is 0.311 e. The lowest BCUT2D eigenvalue weighted by molar-refractivity contribution is -0.335. The number of aromatic nitrogens is 1. The van der Waals surface area contributed by atoms with Crippen LogP contribution in [0.3, 0.4) is 0 Å². The molecule has 4 fully saturated rings. The SMILES string of the molecule is CC[C@H]1OC(=O)[C@H](C)[C@@H](O[C@H]2C[C@@](C)(OC)[C@](O)(CNCCCOC)[C@H](C)O2)[C@H](C)[C@@H](O[C@@H]2O[C@H](C)C[C@H]3[C@H]2OC(=Nc2ccc(OC)nc2)N3C)[C@](C)(O)C[C@@H](C)CN[C@H](C)[C@@H](O)[C@]1(C)O. The molecular weight excluding hydrogens is 871 g/mol. The minimum absolute atomic E-state index is 0.0646. The van der Waals surface area contributed by atoms with Crippen LogP contribution in [0.5, 0.6) is 5.88 Å². The number of cyclic esters (lactones) is 1. The van der Waals surface area contributed by atoms with Crippen LogP contribution in [0.2, 0.25) is 0 Å². The zero-order valence-corrected chi connectivity index (χ0v) is 42.4. The third-order valence-corrected chi connectivity index (χ3v) is 14.8. The highest BCUT2D eigenvalue weighted by atomic mass is 16.7. The van der Waals surface area contributed by atoms with E-state index in [1.165, 1.54) is 14.0 Å². The number of nitrogens with zero attached hydrogens (tertiary/aromatic N) is 3. The summed E-state index contributed by atoms with van der Waals surface area (Å²) in [5.41, 5.74) is -5.56. The molecule has 18 atom stereocenters. The number of pyridine rings is 1. The van der Waals surface area contributed by atoms with Gasteiger partial charge in [-0.2, -0.15) is 4.99 Å². The first-order chi connectivity index (χ1) is 31.5. The Morgan fingerprint density at radius 2 is 1.72 bits per heavy atom. The number of methoxy groups -OCH3 is 3. The van der Waals surface area contributed by atoms with Crippen LogP contribution < -0.4 is 15.4 Å². The quantitative estimate of drug-likeness (QED) is 0.116. The van der Waals surface area contributed by atoms with Gasteiger partial charge in [0.25, 0.3) is 6.02 Å². The number of hydrogen-bond donors (Lipinski definition) is 6. The molecule has 19 nitrogen and oxygen atoms in total. The van der Waals surface area contributed by atoms with Gasteiger partial charge in [0.05, 0.1) is 61.0 Å². The molecule has 384 valence electrons. The fraction of sp³-hybridized carbons (Fsp3) is 0.854. The van der Waals surface area contributed by atoms with Crippen molar-refractivity contribution in [1.82, 2.24) is 20.5 Å². The van der Waals surface area contributed by atoms with Crippen LogP contribution in [-0.4, -0.2) is 187 Å². The van der Waals surface area contributed by atoms with Gasteiger partial charge in [-0.25, -0.2) is 4.98 Å². The van der Waals surface area contributed by atoms with Gasteiger partial charge in [0.1, 0.15) is 29.0 Å². The Hall–Kier alpha value is -2.79. The van der Waals surface area contributed by atoms with Crippen LogP contribution in [0, 0.1) is 17.8 Å². The lowest BCUT2D eigenvalue weighted by atomic mass is 9.75. The van der Waals surface area contributed by atoms with Gasteiger partial charge in [-0.05, 0) is 99.2 Å². The van der Waals surface area contributed by atoms with E-state index in [0.717, 1.165) is 6.42 Å². The normalized spacial score (nSPS) is 43.2. The number of rotatable bonds is 14. The first kappa shape index (κ1) is 55.1. The van der Waals surface area contributed by atoms with E-state index in [4.69, 9.17) is 47.6 Å². The summed E-state index contributed by atoms with van der Waals surface area (Å²) >= 11 is 0. The molecule has 0 saturated carbocycles. The number of ether oxygens (including phenoxy) is 9. The van der Waals surface area contributed by atoms with E-state index >= 15 is 0 Å². The average molecular weight is 954 g/mol. The second kappa shape index (κ2) is 23.0. The van der Waals surface area contributed by atoms with Crippen molar-refractivity contribution in [3.8, 4) is 5.88 Å². The summed E-state index contributed by atoms with van der Waals surface area (Å²) in [7, 11) is 6.62. The van der Waals surface area contributed by atoms with E-state index < -0.39 is 95.5 Å². The van der Waals surface area contributed by atoms with Crippen LogP contribution in [0.1, 0.15) is 101 Å². The van der Waals surface area contributed by atoms with E-state index in [9.17, 15) is 25.2 Å². The molecule has 6 N–H and O–H groups in total. The number of carbonyl (C=O) groups excluding carboxylic acids is 1. The zero-order valence-electron chi connectivity index (χ0n) is 42.4. The Balaban J connectivity index is 1.55. The fourth-order valence-electron chi connectivity index (χ4n) is 10.5. The van der Waals surface area contributed by atoms with Crippen molar-refractivity contribution in [3.63, 3.8) is 0 Å². The number of amidine groups is 1. The van der Waals surface area contributed by atoms with Crippen LogP contribution in [0.4, 0.5) is 5.69 Å². The van der Waals surface area contributed by atoms with Gasteiger partial charge in [0.2, 0.25) is 5.88 Å². The highest BCUT2D eigenvalue weighted by Gasteiger charge is 2.59. The first-order valence-electron chi connectivity index (χ1n) is 24.1. The number of fused-ring (bicyclic) bond motifs is 1. The summed E-state index contributed by atoms with van der Waals surface area (Å²) in [5, 5.41) is 55.1. The number of esters is 1. The maximum absolute atomic E-state index is 14.6. The van der Waals surface area contributed by atoms with Gasteiger partial charge in [0.15, 0.2) is 18.7 Å². The van der Waals surface area contributed by atoms with Crippen molar-refractivity contribution in [3.05, 3.63) is 18.3 Å². The summed E-state index contributed by atoms with van der Waals surface area (Å²) in [6, 6.07) is 3.01. The Kier molecular flexibility index (Phi) is 18.9. The molecule has 0 radical (unpaired) electrons. The number of hydrogen-bond acceptors (Lipinski definition) is 18. The fourth-order valence-corrected chi connectivity index (χ4v) is 10.5. The average Bonchev–Trinajstić information content (AvgIpc) is 3.59. The molecule has 0 spiro atoms. The molecule has 67 heavy (non-hydrogen) atoms. The molecule has 1 aromatic heterocycles. The van der Waals surface area contributed by atoms with Gasteiger partial charge in [-0.3, -0.25) is 4.79 Å². The van der Waals surface area contributed by atoms with E-state index in [1.807, 2.05) is 39.6 Å². The standard InChI is InChI=1S/C48H83N5O14/c1-15-35-47(10,57)40(54)31(6)50-24-27(2)22-45(8,56)41(67-43-39-34(21-28(3)62-43)53(11)44(66-39)52-33-17-18-36(60-13)51-25-33)29(4)38(30(5)42(55)64-35)65-37-23-46(9,61-14)48(58,32(7)63-37)26-49-19-16-20-59-12/h17-18,25,27-32,34-35,37-41,43,49-50,54,56-58H,15-16,19-24,26H2,1-14H3/t27-,28-,29+,30-,31-,32+,34+,35-,37+,38+,39-,40-,41-,43+,45-,46-,47-,48+/m1/s1. The Labute approximate surface area is 397 Å². The number of nitrogens with one attached hydrogen (secondary N) is 2. The lowest BCUT2D eigenvalue weighted by Gasteiger charge is -2.53.